The Bertz CT molecular complexity index is 112. The number of carbonyl (C=O) groups is 2. The van der Waals surface area contributed by atoms with Crippen molar-refractivity contribution in [1.29, 1.82) is 0 Å². The summed E-state index contributed by atoms with van der Waals surface area (Å²) in [6.07, 6.45) is 0.708. The lowest BCUT2D eigenvalue weighted by Crippen LogP contribution is -2.03. The number of esters is 1. The molecule has 0 unspecified atom stereocenters. The van der Waals surface area contributed by atoms with Gasteiger partial charge in [0.05, 0.1) is 6.61 Å². The van der Waals surface area contributed by atoms with Crippen LogP contribution in [0.15, 0.2) is 0 Å². The van der Waals surface area contributed by atoms with Gasteiger partial charge in [-0.3, -0.25) is 4.79 Å². The zero-order valence-electron chi connectivity index (χ0n) is 7.28. The van der Waals surface area contributed by atoms with Gasteiger partial charge in [0.1, 0.15) is 19.5 Å². The third kappa shape index (κ3) is 23.0. The van der Waals surface area contributed by atoms with Crippen molar-refractivity contribution in [2.45, 2.75) is 6.92 Å². The molecule has 0 atom stereocenters. The Morgan fingerprint density at radius 2 is 2.17 bits per heavy atom. The van der Waals surface area contributed by atoms with Gasteiger partial charge in [0.15, 0.2) is 0 Å². The second kappa shape index (κ2) is 12.7. The number of hydrogen-bond donors (Lipinski definition) is 1. The summed E-state index contributed by atoms with van der Waals surface area (Å²) in [7, 11) is 1.48. The normalized spacial score (nSPS) is 7.92. The number of rotatable bonds is 4. The Hall–Kier alpha value is -0.940. The first kappa shape index (κ1) is 13.6. The van der Waals surface area contributed by atoms with E-state index in [0.29, 0.717) is 6.29 Å². The first-order valence-corrected chi connectivity index (χ1v) is 3.35. The summed E-state index contributed by atoms with van der Waals surface area (Å²) in [5.74, 6) is -0.353. The van der Waals surface area contributed by atoms with Crippen molar-refractivity contribution in [2.75, 3.05) is 26.9 Å². The van der Waals surface area contributed by atoms with Crippen molar-refractivity contribution in [3.05, 3.63) is 0 Å². The van der Waals surface area contributed by atoms with Gasteiger partial charge in [0.2, 0.25) is 0 Å². The summed E-state index contributed by atoms with van der Waals surface area (Å²) in [5.41, 5.74) is 0. The molecular formula is C7H14O5. The maximum Gasteiger partial charge on any atom is 0.302 e. The average molecular weight is 178 g/mol. The van der Waals surface area contributed by atoms with Gasteiger partial charge in [0.25, 0.3) is 0 Å². The molecule has 0 spiro atoms. The van der Waals surface area contributed by atoms with E-state index in [-0.39, 0.29) is 25.8 Å². The standard InChI is InChI=1S/C4H8O3.C3H6O2/c1-4(6)7-3-2-5;1-5-3-2-4/h5H,2-3H2,1H3;2H,3H2,1H3. The fourth-order valence-corrected chi connectivity index (χ4v) is 0.257. The Morgan fingerprint density at radius 3 is 2.25 bits per heavy atom. The van der Waals surface area contributed by atoms with Gasteiger partial charge in [-0.2, -0.15) is 0 Å². The first-order valence-electron chi connectivity index (χ1n) is 3.35. The second-order valence-electron chi connectivity index (χ2n) is 1.69. The van der Waals surface area contributed by atoms with E-state index >= 15 is 0 Å². The van der Waals surface area contributed by atoms with Crippen LogP contribution in [0.25, 0.3) is 0 Å². The summed E-state index contributed by atoms with van der Waals surface area (Å²) in [4.78, 5) is 19.1. The maximum absolute atomic E-state index is 9.87. The van der Waals surface area contributed by atoms with E-state index in [0.717, 1.165) is 0 Å². The molecule has 0 heterocycles. The number of ether oxygens (including phenoxy) is 2. The lowest BCUT2D eigenvalue weighted by molar-refractivity contribution is -0.141. The molecule has 0 radical (unpaired) electrons. The van der Waals surface area contributed by atoms with Crippen LogP contribution >= 0.6 is 0 Å². The molecule has 0 saturated carbocycles. The van der Waals surface area contributed by atoms with Crippen LogP contribution in [0.3, 0.4) is 0 Å². The van der Waals surface area contributed by atoms with Crippen molar-refractivity contribution in [2.24, 2.45) is 0 Å². The van der Waals surface area contributed by atoms with Crippen LogP contribution < -0.4 is 0 Å². The van der Waals surface area contributed by atoms with E-state index in [1.54, 1.807) is 0 Å². The molecule has 0 rings (SSSR count). The van der Waals surface area contributed by atoms with Gasteiger partial charge in [-0.25, -0.2) is 0 Å². The number of aldehydes is 1. The zero-order valence-corrected chi connectivity index (χ0v) is 7.28. The predicted molar refractivity (Wildman–Crippen MR) is 41.7 cm³/mol. The summed E-state index contributed by atoms with van der Waals surface area (Å²) in [6, 6.07) is 0. The van der Waals surface area contributed by atoms with Gasteiger partial charge in [0, 0.05) is 14.0 Å². The zero-order chi connectivity index (χ0) is 9.82. The van der Waals surface area contributed by atoms with Crippen LogP contribution in [-0.2, 0) is 19.1 Å². The molecule has 0 aliphatic carbocycles. The highest BCUT2D eigenvalue weighted by Crippen LogP contribution is 1.71. The highest BCUT2D eigenvalue weighted by molar-refractivity contribution is 5.65. The van der Waals surface area contributed by atoms with E-state index in [2.05, 4.69) is 9.47 Å². The minimum Gasteiger partial charge on any atom is -0.463 e. The Morgan fingerprint density at radius 1 is 1.58 bits per heavy atom. The van der Waals surface area contributed by atoms with E-state index in [1.807, 2.05) is 0 Å². The van der Waals surface area contributed by atoms with Gasteiger partial charge in [-0.15, -0.1) is 0 Å². The van der Waals surface area contributed by atoms with E-state index in [1.165, 1.54) is 14.0 Å². The molecule has 12 heavy (non-hydrogen) atoms. The minimum absolute atomic E-state index is 0.0976. The lowest BCUT2D eigenvalue weighted by Gasteiger charge is -1.93. The van der Waals surface area contributed by atoms with Crippen molar-refractivity contribution in [3.63, 3.8) is 0 Å². The van der Waals surface area contributed by atoms with Crippen LogP contribution in [0.2, 0.25) is 0 Å². The summed E-state index contributed by atoms with van der Waals surface area (Å²) in [6.45, 7) is 1.52. The largest absolute Gasteiger partial charge is 0.463 e. The van der Waals surface area contributed by atoms with Gasteiger partial charge in [-0.05, 0) is 0 Å². The minimum atomic E-state index is -0.353. The molecule has 0 aliphatic heterocycles. The second-order valence-corrected chi connectivity index (χ2v) is 1.69. The molecule has 0 aromatic carbocycles. The fraction of sp³-hybridized carbons (Fsp3) is 0.714. The quantitative estimate of drug-likeness (QED) is 0.458. The molecule has 0 aliphatic rings. The summed E-state index contributed by atoms with van der Waals surface area (Å²) < 4.78 is 8.62. The lowest BCUT2D eigenvalue weighted by atomic mass is 10.7. The molecule has 0 amide bonds. The van der Waals surface area contributed by atoms with Crippen LogP contribution in [0, 0.1) is 0 Å². The smallest absolute Gasteiger partial charge is 0.302 e. The molecule has 0 fully saturated rings. The summed E-state index contributed by atoms with van der Waals surface area (Å²) >= 11 is 0. The number of aliphatic hydroxyl groups excluding tert-OH is 1. The van der Waals surface area contributed by atoms with E-state index < -0.39 is 0 Å². The van der Waals surface area contributed by atoms with Gasteiger partial charge in [-0.1, -0.05) is 0 Å². The Balaban J connectivity index is 0. The first-order chi connectivity index (χ1) is 5.68. The van der Waals surface area contributed by atoms with E-state index in [4.69, 9.17) is 5.11 Å². The fourth-order valence-electron chi connectivity index (χ4n) is 0.257. The average Bonchev–Trinajstić information content (AvgIpc) is 2.03. The van der Waals surface area contributed by atoms with Crippen LogP contribution in [0.5, 0.6) is 0 Å². The molecule has 1 N–H and O–H groups in total. The third-order valence-corrected chi connectivity index (χ3v) is 0.631. The monoisotopic (exact) mass is 178 g/mol. The molecule has 72 valence electrons. The molecule has 0 saturated heterocycles. The van der Waals surface area contributed by atoms with E-state index in [9.17, 15) is 9.59 Å². The van der Waals surface area contributed by atoms with Crippen LogP contribution in [-0.4, -0.2) is 44.3 Å². The maximum atomic E-state index is 9.87. The topological polar surface area (TPSA) is 72.8 Å². The van der Waals surface area contributed by atoms with Crippen molar-refractivity contribution in [1.82, 2.24) is 0 Å². The van der Waals surface area contributed by atoms with Crippen LogP contribution in [0.4, 0.5) is 0 Å². The SMILES string of the molecule is CC(=O)OCCO.COCC=O. The number of aliphatic hydroxyl groups is 1. The highest BCUT2D eigenvalue weighted by atomic mass is 16.5. The number of methoxy groups -OCH3 is 1. The van der Waals surface area contributed by atoms with Crippen LogP contribution in [0.1, 0.15) is 6.92 Å². The van der Waals surface area contributed by atoms with Gasteiger partial charge < -0.3 is 19.4 Å². The number of carbonyl (C=O) groups excluding carboxylic acids is 2. The van der Waals surface area contributed by atoms with Crippen molar-refractivity contribution < 1.29 is 24.2 Å². The predicted octanol–water partition coefficient (Wildman–Crippen LogP) is -0.627. The van der Waals surface area contributed by atoms with Crippen molar-refractivity contribution in [3.8, 4) is 0 Å². The molecule has 5 heteroatoms. The molecular weight excluding hydrogens is 164 g/mol. The third-order valence-electron chi connectivity index (χ3n) is 0.631. The highest BCUT2D eigenvalue weighted by Gasteiger charge is 1.86. The number of hydrogen-bond acceptors (Lipinski definition) is 5. The summed E-state index contributed by atoms with van der Waals surface area (Å²) in [5, 5.41) is 8.04. The molecule has 0 bridgehead atoms. The molecule has 0 aromatic rings. The Kier molecular flexibility index (Phi) is 14.4. The van der Waals surface area contributed by atoms with Crippen molar-refractivity contribution >= 4 is 12.3 Å². The molecule has 5 nitrogen and oxygen atoms in total. The van der Waals surface area contributed by atoms with Gasteiger partial charge >= 0.3 is 5.97 Å². The Labute approximate surface area is 71.3 Å². The molecule has 0 aromatic heterocycles.